The Morgan fingerprint density at radius 3 is 2.76 bits per heavy atom. The fraction of sp³-hybridized carbons (Fsp3) is 0.727. The molecule has 0 aromatic carbocycles. The molecule has 2 rings (SSSR count). The summed E-state index contributed by atoms with van der Waals surface area (Å²) >= 11 is 0. The highest BCUT2D eigenvalue weighted by Gasteiger charge is 2.45. The second-order valence-corrected chi connectivity index (χ2v) is 4.86. The highest BCUT2D eigenvalue weighted by atomic mass is 16.5. The number of nitrogens with zero attached hydrogens (tertiary/aromatic N) is 1. The number of carbonyl (C=O) groups is 3. The second kappa shape index (κ2) is 4.10. The van der Waals surface area contributed by atoms with Crippen molar-refractivity contribution in [2.24, 2.45) is 0 Å². The quantitative estimate of drug-likeness (QED) is 0.623. The summed E-state index contributed by atoms with van der Waals surface area (Å²) in [5, 5.41) is 2.23. The van der Waals surface area contributed by atoms with Crippen LogP contribution in [0.3, 0.4) is 0 Å². The molecule has 1 atom stereocenters. The Labute approximate surface area is 99.3 Å². The molecule has 3 amide bonds. The van der Waals surface area contributed by atoms with Gasteiger partial charge in [0.1, 0.15) is 18.2 Å². The molecule has 17 heavy (non-hydrogen) atoms. The molecule has 0 spiro atoms. The minimum Gasteiger partial charge on any atom is -0.368 e. The van der Waals surface area contributed by atoms with E-state index in [1.165, 1.54) is 4.90 Å². The minimum atomic E-state index is -1.00. The molecule has 1 unspecified atom stereocenters. The standard InChI is InChI=1S/C11H16N2O4/c1-11(2)10(16)12-8(14)6-13(11)9(15)7-4-3-5-17-7/h7H,3-6H2,1-2H3,(H,12,14,16). The summed E-state index contributed by atoms with van der Waals surface area (Å²) in [6, 6.07) is 0. The lowest BCUT2D eigenvalue weighted by atomic mass is 9.97. The maximum Gasteiger partial charge on any atom is 0.253 e. The van der Waals surface area contributed by atoms with E-state index in [2.05, 4.69) is 5.32 Å². The molecule has 2 aliphatic rings. The highest BCUT2D eigenvalue weighted by molar-refractivity contribution is 6.06. The van der Waals surface area contributed by atoms with Gasteiger partial charge in [-0.05, 0) is 26.7 Å². The Morgan fingerprint density at radius 1 is 1.47 bits per heavy atom. The Hall–Kier alpha value is -1.43. The van der Waals surface area contributed by atoms with Crippen LogP contribution in [0.5, 0.6) is 0 Å². The van der Waals surface area contributed by atoms with E-state index in [9.17, 15) is 14.4 Å². The van der Waals surface area contributed by atoms with Crippen LogP contribution in [0, 0.1) is 0 Å². The van der Waals surface area contributed by atoms with E-state index >= 15 is 0 Å². The molecule has 0 saturated carbocycles. The molecule has 2 heterocycles. The summed E-state index contributed by atoms with van der Waals surface area (Å²) < 4.78 is 5.30. The topological polar surface area (TPSA) is 75.7 Å². The Bertz CT molecular complexity index is 372. The lowest BCUT2D eigenvalue weighted by Crippen LogP contribution is -2.66. The van der Waals surface area contributed by atoms with Gasteiger partial charge in [-0.2, -0.15) is 0 Å². The molecule has 94 valence electrons. The molecule has 1 N–H and O–H groups in total. The molecule has 6 nitrogen and oxygen atoms in total. The SMILES string of the molecule is CC1(C)C(=O)NC(=O)CN1C(=O)C1CCCO1. The molecule has 2 fully saturated rings. The molecule has 0 aromatic rings. The van der Waals surface area contributed by atoms with E-state index in [0.717, 1.165) is 6.42 Å². The van der Waals surface area contributed by atoms with Gasteiger partial charge >= 0.3 is 0 Å². The normalized spacial score (nSPS) is 28.1. The predicted octanol–water partition coefficient (Wildman–Crippen LogP) is -0.571. The zero-order chi connectivity index (χ0) is 12.6. The van der Waals surface area contributed by atoms with Crippen LogP contribution in [0.15, 0.2) is 0 Å². The smallest absolute Gasteiger partial charge is 0.253 e. The second-order valence-electron chi connectivity index (χ2n) is 4.86. The van der Waals surface area contributed by atoms with Gasteiger partial charge in [0, 0.05) is 6.61 Å². The average molecular weight is 240 g/mol. The van der Waals surface area contributed by atoms with Gasteiger partial charge in [-0.3, -0.25) is 19.7 Å². The van der Waals surface area contributed by atoms with Crippen molar-refractivity contribution in [2.75, 3.05) is 13.2 Å². The zero-order valence-electron chi connectivity index (χ0n) is 9.99. The fourth-order valence-corrected chi connectivity index (χ4v) is 2.08. The first kappa shape index (κ1) is 12.0. The van der Waals surface area contributed by atoms with Crippen LogP contribution in [0.4, 0.5) is 0 Å². The lowest BCUT2D eigenvalue weighted by molar-refractivity contribution is -0.160. The molecule has 2 saturated heterocycles. The number of rotatable bonds is 1. The largest absolute Gasteiger partial charge is 0.368 e. The van der Waals surface area contributed by atoms with Crippen LogP contribution in [-0.4, -0.2) is 47.4 Å². The molecule has 6 heteroatoms. The summed E-state index contributed by atoms with van der Waals surface area (Å²) in [6.07, 6.45) is 0.986. The van der Waals surface area contributed by atoms with E-state index < -0.39 is 23.5 Å². The van der Waals surface area contributed by atoms with E-state index in [4.69, 9.17) is 4.74 Å². The van der Waals surface area contributed by atoms with Gasteiger partial charge in [0.05, 0.1) is 0 Å². The van der Waals surface area contributed by atoms with Crippen molar-refractivity contribution in [3.05, 3.63) is 0 Å². The Kier molecular flexibility index (Phi) is 2.91. The fourth-order valence-electron chi connectivity index (χ4n) is 2.08. The molecule has 0 aliphatic carbocycles. The van der Waals surface area contributed by atoms with Crippen molar-refractivity contribution in [1.82, 2.24) is 10.2 Å². The van der Waals surface area contributed by atoms with Gasteiger partial charge in [-0.1, -0.05) is 0 Å². The number of piperazine rings is 1. The monoisotopic (exact) mass is 240 g/mol. The summed E-state index contributed by atoms with van der Waals surface area (Å²) in [6.45, 7) is 3.73. The summed E-state index contributed by atoms with van der Waals surface area (Å²) in [7, 11) is 0. The van der Waals surface area contributed by atoms with E-state index in [-0.39, 0.29) is 12.5 Å². The van der Waals surface area contributed by atoms with Gasteiger partial charge in [0.15, 0.2) is 0 Å². The number of carbonyl (C=O) groups excluding carboxylic acids is 3. The maximum atomic E-state index is 12.2. The van der Waals surface area contributed by atoms with Gasteiger partial charge < -0.3 is 9.64 Å². The first-order valence-corrected chi connectivity index (χ1v) is 5.70. The van der Waals surface area contributed by atoms with Crippen LogP contribution in [0.1, 0.15) is 26.7 Å². The van der Waals surface area contributed by atoms with Crippen LogP contribution >= 0.6 is 0 Å². The third-order valence-corrected chi connectivity index (χ3v) is 3.26. The minimum absolute atomic E-state index is 0.0859. The van der Waals surface area contributed by atoms with Crippen LogP contribution in [0.2, 0.25) is 0 Å². The zero-order valence-corrected chi connectivity index (χ0v) is 9.99. The van der Waals surface area contributed by atoms with Crippen molar-refractivity contribution in [3.63, 3.8) is 0 Å². The van der Waals surface area contributed by atoms with E-state index in [1.54, 1.807) is 13.8 Å². The number of hydrogen-bond acceptors (Lipinski definition) is 4. The predicted molar refractivity (Wildman–Crippen MR) is 57.9 cm³/mol. The number of imide groups is 1. The molecule has 0 aromatic heterocycles. The molecule has 0 radical (unpaired) electrons. The number of nitrogens with one attached hydrogen (secondary N) is 1. The molecule has 2 aliphatic heterocycles. The van der Waals surface area contributed by atoms with Crippen molar-refractivity contribution in [2.45, 2.75) is 38.3 Å². The van der Waals surface area contributed by atoms with Gasteiger partial charge in [0.25, 0.3) is 11.8 Å². The van der Waals surface area contributed by atoms with Gasteiger partial charge in [-0.25, -0.2) is 0 Å². The van der Waals surface area contributed by atoms with Crippen molar-refractivity contribution >= 4 is 17.7 Å². The molecule has 0 bridgehead atoms. The van der Waals surface area contributed by atoms with Crippen molar-refractivity contribution < 1.29 is 19.1 Å². The number of hydrogen-bond donors (Lipinski definition) is 1. The van der Waals surface area contributed by atoms with Crippen molar-refractivity contribution in [1.29, 1.82) is 0 Å². The van der Waals surface area contributed by atoms with Gasteiger partial charge in [0.2, 0.25) is 5.91 Å². The Morgan fingerprint density at radius 2 is 2.18 bits per heavy atom. The van der Waals surface area contributed by atoms with E-state index in [1.807, 2.05) is 0 Å². The Balaban J connectivity index is 2.19. The third kappa shape index (κ3) is 2.04. The van der Waals surface area contributed by atoms with Crippen LogP contribution in [-0.2, 0) is 19.1 Å². The first-order valence-electron chi connectivity index (χ1n) is 5.70. The van der Waals surface area contributed by atoms with Gasteiger partial charge in [-0.15, -0.1) is 0 Å². The maximum absolute atomic E-state index is 12.2. The number of amides is 3. The molecular formula is C11H16N2O4. The summed E-state index contributed by atoms with van der Waals surface area (Å²) in [5.74, 6) is -1.16. The third-order valence-electron chi connectivity index (χ3n) is 3.26. The van der Waals surface area contributed by atoms with Crippen LogP contribution in [0.25, 0.3) is 0 Å². The molecular weight excluding hydrogens is 224 g/mol. The first-order chi connectivity index (χ1) is 7.93. The van der Waals surface area contributed by atoms with Crippen LogP contribution < -0.4 is 5.32 Å². The highest BCUT2D eigenvalue weighted by Crippen LogP contribution is 2.23. The van der Waals surface area contributed by atoms with Crippen molar-refractivity contribution in [3.8, 4) is 0 Å². The average Bonchev–Trinajstić information content (AvgIpc) is 2.76. The lowest BCUT2D eigenvalue weighted by Gasteiger charge is -2.41. The summed E-state index contributed by atoms with van der Waals surface area (Å²) in [4.78, 5) is 36.5. The summed E-state index contributed by atoms with van der Waals surface area (Å²) in [5.41, 5.74) is -1.00. The van der Waals surface area contributed by atoms with E-state index in [0.29, 0.717) is 13.0 Å². The number of ether oxygens (including phenoxy) is 1.